The van der Waals surface area contributed by atoms with Crippen LogP contribution in [0.1, 0.15) is 5.56 Å². The monoisotopic (exact) mass is 316 g/mol. The van der Waals surface area contributed by atoms with E-state index in [0.717, 1.165) is 5.56 Å². The van der Waals surface area contributed by atoms with E-state index in [2.05, 4.69) is 20.0 Å². The van der Waals surface area contributed by atoms with Gasteiger partial charge in [-0.3, -0.25) is 0 Å². The van der Waals surface area contributed by atoms with E-state index in [1.54, 1.807) is 0 Å². The van der Waals surface area contributed by atoms with E-state index in [4.69, 9.17) is 28.9 Å². The fraction of sp³-hybridized carbons (Fsp3) is 0.250. The lowest BCUT2D eigenvalue weighted by atomic mass is 10.2. The summed E-state index contributed by atoms with van der Waals surface area (Å²) in [4.78, 5) is 16.4. The second-order valence-corrected chi connectivity index (χ2v) is 5.23. The van der Waals surface area contributed by atoms with Crippen LogP contribution in [0, 0.1) is 0 Å². The zero-order chi connectivity index (χ0) is 14.8. The van der Waals surface area contributed by atoms with Crippen LogP contribution in [-0.4, -0.2) is 35.4 Å². The molecule has 0 radical (unpaired) electrons. The summed E-state index contributed by atoms with van der Waals surface area (Å²) < 4.78 is 4.56. The van der Waals surface area contributed by atoms with Crippen LogP contribution in [0.3, 0.4) is 0 Å². The summed E-state index contributed by atoms with van der Waals surface area (Å²) in [5, 5.41) is 2.51. The summed E-state index contributed by atoms with van der Waals surface area (Å²) in [5.41, 5.74) is 5.43. The Balaban J connectivity index is 2.42. The molecule has 6 nitrogen and oxygen atoms in total. The number of carbonyl (C=O) groups excluding carboxylic acids is 1. The molecular weight excluding hydrogens is 303 g/mol. The van der Waals surface area contributed by atoms with Gasteiger partial charge in [0.1, 0.15) is 5.56 Å². The van der Waals surface area contributed by atoms with E-state index < -0.39 is 16.6 Å². The lowest BCUT2D eigenvalue weighted by molar-refractivity contribution is -0.543. The fourth-order valence-corrected chi connectivity index (χ4v) is 2.27. The summed E-state index contributed by atoms with van der Waals surface area (Å²) >= 11 is 11.9. The molecule has 0 unspecified atom stereocenters. The lowest BCUT2D eigenvalue weighted by Gasteiger charge is -2.18. The largest absolute Gasteiger partial charge is 0.453 e. The molecule has 8 heteroatoms. The van der Waals surface area contributed by atoms with Gasteiger partial charge in [-0.15, -0.1) is 9.98 Å². The first-order chi connectivity index (χ1) is 9.49. The number of amides is 1. The molecule has 5 N–H and O–H groups in total. The third kappa shape index (κ3) is 2.57. The number of nitrogens with one attached hydrogen (secondary N) is 3. The number of benzene rings is 1. The molecule has 1 atom stereocenters. The first-order valence-electron chi connectivity index (χ1n) is 5.74. The third-order valence-electron chi connectivity index (χ3n) is 2.88. The van der Waals surface area contributed by atoms with Crippen molar-refractivity contribution in [2.24, 2.45) is 5.73 Å². The maximum Gasteiger partial charge on any atom is 0.446 e. The molecule has 1 aliphatic heterocycles. The normalized spacial score (nSPS) is 21.4. The van der Waals surface area contributed by atoms with Gasteiger partial charge in [-0.25, -0.2) is 10.1 Å². The zero-order valence-electron chi connectivity index (χ0n) is 10.6. The molecule has 106 valence electrons. The predicted molar refractivity (Wildman–Crippen MR) is 75.4 cm³/mol. The van der Waals surface area contributed by atoms with Crippen LogP contribution in [-0.2, 0) is 4.74 Å². The molecule has 0 saturated heterocycles. The molecule has 20 heavy (non-hydrogen) atoms. The lowest BCUT2D eigenvalue weighted by Crippen LogP contribution is -2.96. The Morgan fingerprint density at radius 3 is 2.60 bits per heavy atom. The van der Waals surface area contributed by atoms with Gasteiger partial charge in [0, 0.05) is 0 Å². The topological polar surface area (TPSA) is 92.3 Å². The smallest absolute Gasteiger partial charge is 0.446 e. The van der Waals surface area contributed by atoms with Crippen molar-refractivity contribution in [3.8, 4) is 0 Å². The number of carbonyl (C=O) groups is 1. The number of rotatable bonds is 3. The van der Waals surface area contributed by atoms with Gasteiger partial charge in [0.05, 0.1) is 7.11 Å². The van der Waals surface area contributed by atoms with Gasteiger partial charge in [-0.1, -0.05) is 41.4 Å². The number of alkyl halides is 2. The van der Waals surface area contributed by atoms with Crippen LogP contribution < -0.4 is 21.0 Å². The molecule has 0 aromatic heterocycles. The number of alkyl carbamates (subject to hydrolysis) is 1. The molecule has 0 aliphatic carbocycles. The Morgan fingerprint density at radius 1 is 1.40 bits per heavy atom. The van der Waals surface area contributed by atoms with Crippen molar-refractivity contribution < 1.29 is 19.5 Å². The van der Waals surface area contributed by atoms with Crippen molar-refractivity contribution in [1.29, 1.82) is 0 Å². The number of hydrogen-bond donors (Lipinski definition) is 4. The molecule has 0 saturated carbocycles. The molecule has 0 bridgehead atoms. The molecular formula is C12H14Cl2N4O2+2. The molecule has 1 aromatic carbocycles. The SMILES string of the molecule is COC(=O)N[C@@]1(C(Cl)Cl)[NH+]=C(c2ccccc2)[NH+]=C1N. The Hall–Kier alpha value is -1.79. The van der Waals surface area contributed by atoms with Gasteiger partial charge in [0.25, 0.3) is 0 Å². The van der Waals surface area contributed by atoms with Gasteiger partial charge in [0.2, 0.25) is 4.84 Å². The molecule has 1 heterocycles. The fourth-order valence-electron chi connectivity index (χ4n) is 1.82. The van der Waals surface area contributed by atoms with Crippen LogP contribution in [0.5, 0.6) is 0 Å². The summed E-state index contributed by atoms with van der Waals surface area (Å²) in [5.74, 6) is 0.766. The van der Waals surface area contributed by atoms with Crippen molar-refractivity contribution in [3.63, 3.8) is 0 Å². The van der Waals surface area contributed by atoms with Crippen LogP contribution in [0.2, 0.25) is 0 Å². The first-order valence-corrected chi connectivity index (χ1v) is 6.61. The van der Waals surface area contributed by atoms with Crippen molar-refractivity contribution in [2.75, 3.05) is 7.11 Å². The van der Waals surface area contributed by atoms with Crippen LogP contribution in [0.4, 0.5) is 4.79 Å². The number of nitrogens with two attached hydrogens (primary N) is 1. The summed E-state index contributed by atoms with van der Waals surface area (Å²) in [6.07, 6.45) is -0.706. The third-order valence-corrected chi connectivity index (χ3v) is 3.54. The van der Waals surface area contributed by atoms with Gasteiger partial charge in [-0.05, 0) is 12.1 Å². The Bertz CT molecular complexity index is 574. The number of amidine groups is 2. The standard InChI is InChI=1S/C12H12Cl2N4O2/c1-20-11(19)18-12(9(13)14)10(15)16-8(17-12)7-5-3-2-4-6-7/h2-6,9H,1H3,(H,18,19)(H2,15,16,17)/p+2/t12-/m1/s1. The average Bonchev–Trinajstić information content (AvgIpc) is 2.78. The zero-order valence-corrected chi connectivity index (χ0v) is 12.1. The van der Waals surface area contributed by atoms with E-state index in [9.17, 15) is 4.79 Å². The second kappa shape index (κ2) is 5.68. The van der Waals surface area contributed by atoms with Crippen LogP contribution in [0.25, 0.3) is 0 Å². The summed E-state index contributed by atoms with van der Waals surface area (Å²) in [7, 11) is 1.24. The Labute approximate surface area is 125 Å². The van der Waals surface area contributed by atoms with E-state index >= 15 is 0 Å². The van der Waals surface area contributed by atoms with E-state index in [0.29, 0.717) is 5.84 Å². The minimum atomic E-state index is -1.35. The van der Waals surface area contributed by atoms with Crippen molar-refractivity contribution in [2.45, 2.75) is 10.5 Å². The molecule has 0 spiro atoms. The minimum Gasteiger partial charge on any atom is -0.453 e. The van der Waals surface area contributed by atoms with Crippen molar-refractivity contribution in [3.05, 3.63) is 35.9 Å². The quantitative estimate of drug-likeness (QED) is 0.478. The van der Waals surface area contributed by atoms with Gasteiger partial charge in [-0.2, -0.15) is 0 Å². The highest BCUT2D eigenvalue weighted by Crippen LogP contribution is 2.14. The first kappa shape index (κ1) is 14.6. The summed E-state index contributed by atoms with van der Waals surface area (Å²) in [6.45, 7) is 0. The number of halogens is 2. The highest BCUT2D eigenvalue weighted by atomic mass is 35.5. The molecule has 1 aromatic rings. The maximum atomic E-state index is 11.5. The molecule has 2 rings (SSSR count). The van der Waals surface area contributed by atoms with E-state index in [1.807, 2.05) is 30.3 Å². The minimum absolute atomic E-state index is 0.178. The van der Waals surface area contributed by atoms with Gasteiger partial charge >= 0.3 is 23.4 Å². The average molecular weight is 317 g/mol. The molecule has 1 aliphatic rings. The molecule has 1 amide bonds. The highest BCUT2D eigenvalue weighted by molar-refractivity contribution is 6.46. The number of methoxy groups -OCH3 is 1. The van der Waals surface area contributed by atoms with Gasteiger partial charge < -0.3 is 10.5 Å². The van der Waals surface area contributed by atoms with E-state index in [1.165, 1.54) is 7.11 Å². The number of ether oxygens (including phenoxy) is 1. The van der Waals surface area contributed by atoms with Crippen molar-refractivity contribution in [1.82, 2.24) is 5.32 Å². The molecule has 0 fully saturated rings. The van der Waals surface area contributed by atoms with Crippen LogP contribution >= 0.6 is 23.2 Å². The Morgan fingerprint density at radius 2 is 2.05 bits per heavy atom. The second-order valence-electron chi connectivity index (χ2n) is 4.13. The van der Waals surface area contributed by atoms with Crippen molar-refractivity contribution >= 4 is 41.0 Å². The van der Waals surface area contributed by atoms with E-state index in [-0.39, 0.29) is 5.84 Å². The predicted octanol–water partition coefficient (Wildman–Crippen LogP) is -2.18. The maximum absolute atomic E-state index is 11.5. The Kier molecular flexibility index (Phi) is 4.15. The van der Waals surface area contributed by atoms with Crippen LogP contribution in [0.15, 0.2) is 30.3 Å². The highest BCUT2D eigenvalue weighted by Gasteiger charge is 2.58. The number of hydrogen-bond acceptors (Lipinski definition) is 3. The summed E-state index contributed by atoms with van der Waals surface area (Å²) in [6, 6.07) is 9.36. The van der Waals surface area contributed by atoms with Gasteiger partial charge in [0.15, 0.2) is 0 Å².